The quantitative estimate of drug-likeness (QED) is 0.201. The highest BCUT2D eigenvalue weighted by atomic mass is 16.6. The number of hydrogen-bond donors (Lipinski definition) is 0. The molecule has 0 aliphatic heterocycles. The Labute approximate surface area is 135 Å². The first kappa shape index (κ1) is 15.1. The Morgan fingerprint density at radius 1 is 1.04 bits per heavy atom. The molecule has 0 spiro atoms. The lowest BCUT2D eigenvalue weighted by molar-refractivity contribution is -0.402. The Morgan fingerprint density at radius 3 is 2.46 bits per heavy atom. The van der Waals surface area contributed by atoms with Crippen molar-refractivity contribution in [2.24, 2.45) is 5.11 Å². The van der Waals surface area contributed by atoms with Gasteiger partial charge in [-0.15, -0.1) is 0 Å². The van der Waals surface area contributed by atoms with Crippen molar-refractivity contribution in [2.45, 2.75) is 0 Å². The van der Waals surface area contributed by atoms with Crippen LogP contribution in [0, 0.1) is 10.1 Å². The summed E-state index contributed by atoms with van der Waals surface area (Å²) in [4.78, 5) is 12.8. The van der Waals surface area contributed by atoms with Crippen molar-refractivity contribution in [1.82, 2.24) is 0 Å². The molecule has 0 radical (unpaired) electrons. The largest absolute Gasteiger partial charge is 0.457 e. The summed E-state index contributed by atoms with van der Waals surface area (Å²) in [7, 11) is 0. The molecule has 1 aromatic carbocycles. The maximum atomic E-state index is 10.6. The Kier molecular flexibility index (Phi) is 4.13. The highest BCUT2D eigenvalue weighted by Crippen LogP contribution is 2.32. The summed E-state index contributed by atoms with van der Waals surface area (Å²) in [6.07, 6.45) is 3.19. The smallest absolute Gasteiger partial charge is 0.433 e. The predicted octanol–water partition coefficient (Wildman–Crippen LogP) is 5.56. The van der Waals surface area contributed by atoms with Gasteiger partial charge in [0.05, 0.1) is 6.07 Å². The molecular formula is C16H10N4O4. The number of nitro groups is 1. The fourth-order valence-electron chi connectivity index (χ4n) is 2.10. The summed E-state index contributed by atoms with van der Waals surface area (Å²) in [5.74, 6) is 1.09. The monoisotopic (exact) mass is 322 g/mol. The molecule has 8 nitrogen and oxygen atoms in total. The molecule has 118 valence electrons. The number of furan rings is 2. The molecule has 8 heteroatoms. The summed E-state index contributed by atoms with van der Waals surface area (Å²) in [6.45, 7) is 0. The van der Waals surface area contributed by atoms with Gasteiger partial charge in [-0.2, -0.15) is 0 Å². The summed E-state index contributed by atoms with van der Waals surface area (Å²) in [6, 6.07) is 13.3. The normalized spacial score (nSPS) is 10.7. The van der Waals surface area contributed by atoms with Crippen molar-refractivity contribution in [3.63, 3.8) is 0 Å². The van der Waals surface area contributed by atoms with Crippen LogP contribution in [0.5, 0.6) is 0 Å². The predicted molar refractivity (Wildman–Crippen MR) is 87.2 cm³/mol. The molecule has 0 bridgehead atoms. The van der Waals surface area contributed by atoms with Gasteiger partial charge in [-0.3, -0.25) is 10.1 Å². The molecule has 0 amide bonds. The summed E-state index contributed by atoms with van der Waals surface area (Å²) >= 11 is 0. The van der Waals surface area contributed by atoms with E-state index in [9.17, 15) is 10.1 Å². The topological polar surface area (TPSA) is 118 Å². The summed E-state index contributed by atoms with van der Waals surface area (Å²) in [5, 5.41) is 14.2. The van der Waals surface area contributed by atoms with Gasteiger partial charge >= 0.3 is 5.88 Å². The number of azide groups is 1. The second-order valence-corrected chi connectivity index (χ2v) is 4.68. The fourth-order valence-corrected chi connectivity index (χ4v) is 2.10. The highest BCUT2D eigenvalue weighted by molar-refractivity contribution is 5.74. The second-order valence-electron chi connectivity index (χ2n) is 4.68. The Bertz CT molecular complexity index is 964. The first-order chi connectivity index (χ1) is 11.7. The minimum Gasteiger partial charge on any atom is -0.457 e. The molecule has 0 atom stereocenters. The molecule has 2 aromatic heterocycles. The molecule has 0 saturated carbocycles. The zero-order valence-electron chi connectivity index (χ0n) is 12.2. The minimum absolute atomic E-state index is 0.321. The lowest BCUT2D eigenvalue weighted by Crippen LogP contribution is -1.82. The van der Waals surface area contributed by atoms with E-state index >= 15 is 0 Å². The summed E-state index contributed by atoms with van der Waals surface area (Å²) < 4.78 is 10.7. The third kappa shape index (κ3) is 3.18. The van der Waals surface area contributed by atoms with Crippen LogP contribution in [-0.4, -0.2) is 4.92 Å². The van der Waals surface area contributed by atoms with Gasteiger partial charge in [0.1, 0.15) is 22.2 Å². The van der Waals surface area contributed by atoms with E-state index < -0.39 is 4.92 Å². The first-order valence-electron chi connectivity index (χ1n) is 6.84. The molecule has 3 rings (SSSR count). The van der Waals surface area contributed by atoms with E-state index in [-0.39, 0.29) is 5.88 Å². The van der Waals surface area contributed by atoms with Gasteiger partial charge in [-0.05, 0) is 35.9 Å². The van der Waals surface area contributed by atoms with Gasteiger partial charge in [0.2, 0.25) is 0 Å². The molecule has 0 N–H and O–H groups in total. The van der Waals surface area contributed by atoms with Crippen LogP contribution >= 0.6 is 0 Å². The van der Waals surface area contributed by atoms with Crippen molar-refractivity contribution < 1.29 is 13.8 Å². The second kappa shape index (κ2) is 6.55. The highest BCUT2D eigenvalue weighted by Gasteiger charge is 2.10. The van der Waals surface area contributed by atoms with E-state index in [4.69, 9.17) is 14.4 Å². The Hall–Kier alpha value is -3.77. The lowest BCUT2D eigenvalue weighted by Gasteiger charge is -2.00. The zero-order valence-corrected chi connectivity index (χ0v) is 12.2. The molecule has 0 aliphatic rings. The van der Waals surface area contributed by atoms with E-state index in [0.717, 1.165) is 0 Å². The van der Waals surface area contributed by atoms with Gasteiger partial charge in [0.25, 0.3) is 0 Å². The lowest BCUT2D eigenvalue weighted by atomic mass is 10.1. The van der Waals surface area contributed by atoms with E-state index in [0.29, 0.717) is 28.5 Å². The van der Waals surface area contributed by atoms with Gasteiger partial charge in [0.15, 0.2) is 0 Å². The van der Waals surface area contributed by atoms with Crippen molar-refractivity contribution in [1.29, 1.82) is 0 Å². The average Bonchev–Trinajstić information content (AvgIpc) is 3.23. The van der Waals surface area contributed by atoms with Crippen molar-refractivity contribution in [3.05, 3.63) is 80.6 Å². The van der Waals surface area contributed by atoms with Crippen LogP contribution in [0.15, 0.2) is 62.5 Å². The molecule has 0 unspecified atom stereocenters. The van der Waals surface area contributed by atoms with Gasteiger partial charge in [0, 0.05) is 16.2 Å². The van der Waals surface area contributed by atoms with Crippen LogP contribution in [0.2, 0.25) is 0 Å². The fraction of sp³-hybridized carbons (Fsp3) is 0. The van der Waals surface area contributed by atoms with E-state index in [1.54, 1.807) is 42.5 Å². The Morgan fingerprint density at radius 2 is 1.75 bits per heavy atom. The number of benzene rings is 1. The molecule has 3 aromatic rings. The Balaban J connectivity index is 1.84. The van der Waals surface area contributed by atoms with Crippen LogP contribution in [0.1, 0.15) is 11.5 Å². The third-order valence-corrected chi connectivity index (χ3v) is 3.15. The number of nitrogens with zero attached hydrogens (tertiary/aromatic N) is 4. The van der Waals surface area contributed by atoms with E-state index in [1.165, 1.54) is 12.1 Å². The van der Waals surface area contributed by atoms with Gasteiger partial charge < -0.3 is 8.83 Å². The maximum Gasteiger partial charge on any atom is 0.433 e. The number of hydrogen-bond acceptors (Lipinski definition) is 5. The van der Waals surface area contributed by atoms with Crippen LogP contribution < -0.4 is 0 Å². The molecule has 0 aliphatic carbocycles. The van der Waals surface area contributed by atoms with E-state index in [1.807, 2.05) is 6.07 Å². The number of rotatable bonds is 5. The zero-order chi connectivity index (χ0) is 16.9. The summed E-state index contributed by atoms with van der Waals surface area (Å²) in [5.41, 5.74) is 9.74. The van der Waals surface area contributed by atoms with Crippen LogP contribution in [0.25, 0.3) is 33.9 Å². The van der Waals surface area contributed by atoms with E-state index in [2.05, 4.69) is 10.0 Å². The third-order valence-electron chi connectivity index (χ3n) is 3.15. The van der Waals surface area contributed by atoms with Crippen molar-refractivity contribution in [2.75, 3.05) is 0 Å². The van der Waals surface area contributed by atoms with Gasteiger partial charge in [-0.1, -0.05) is 29.4 Å². The minimum atomic E-state index is -0.602. The maximum absolute atomic E-state index is 10.6. The van der Waals surface area contributed by atoms with Crippen LogP contribution in [0.3, 0.4) is 0 Å². The van der Waals surface area contributed by atoms with Crippen molar-refractivity contribution in [3.8, 4) is 11.3 Å². The molecule has 0 saturated heterocycles. The molecule has 2 heterocycles. The SMILES string of the molecule is [N-]=[N+]=Nc1ccccc1-c1ccc(C=Cc2ccc([N+](=O)[O-])o2)o1. The average molecular weight is 322 g/mol. The van der Waals surface area contributed by atoms with Crippen LogP contribution in [0.4, 0.5) is 11.6 Å². The molecular weight excluding hydrogens is 312 g/mol. The van der Waals surface area contributed by atoms with Crippen molar-refractivity contribution >= 4 is 23.7 Å². The standard InChI is InChI=1S/C16H10N4O4/c17-19-18-14-4-2-1-3-13(14)15-9-7-11(23-15)5-6-12-8-10-16(24-12)20(21)22/h1-10H. The molecule has 24 heavy (non-hydrogen) atoms. The van der Waals surface area contributed by atoms with Crippen LogP contribution in [-0.2, 0) is 0 Å². The first-order valence-corrected chi connectivity index (χ1v) is 6.84. The van der Waals surface area contributed by atoms with Gasteiger partial charge in [-0.25, -0.2) is 0 Å². The molecule has 0 fully saturated rings.